The van der Waals surface area contributed by atoms with E-state index in [0.29, 0.717) is 19.6 Å². The second-order valence-corrected chi connectivity index (χ2v) is 5.68. The molecule has 1 saturated heterocycles. The van der Waals surface area contributed by atoms with Crippen LogP contribution in [-0.2, 0) is 20.9 Å². The minimum absolute atomic E-state index is 0.0365. The molecule has 1 aliphatic rings. The largest absolute Gasteiger partial charge is 0.467 e. The molecule has 0 N–H and O–H groups in total. The van der Waals surface area contributed by atoms with E-state index < -0.39 is 0 Å². The second-order valence-electron chi connectivity index (χ2n) is 5.68. The summed E-state index contributed by atoms with van der Waals surface area (Å²) in [4.78, 5) is 27.4. The van der Waals surface area contributed by atoms with Crippen molar-refractivity contribution in [1.29, 1.82) is 0 Å². The third-order valence-electron chi connectivity index (χ3n) is 3.85. The molecule has 1 aromatic heterocycles. The van der Waals surface area contributed by atoms with Gasteiger partial charge in [-0.05, 0) is 25.0 Å². The fourth-order valence-electron chi connectivity index (χ4n) is 2.60. The van der Waals surface area contributed by atoms with Gasteiger partial charge in [-0.1, -0.05) is 6.08 Å². The van der Waals surface area contributed by atoms with E-state index in [1.54, 1.807) is 23.3 Å². The number of hydrogen-bond acceptors (Lipinski definition) is 4. The molecule has 0 spiro atoms. The molecule has 1 atom stereocenters. The highest BCUT2D eigenvalue weighted by molar-refractivity contribution is 5.84. The lowest BCUT2D eigenvalue weighted by atomic mass is 10.2. The van der Waals surface area contributed by atoms with Crippen molar-refractivity contribution in [3.05, 3.63) is 36.8 Å². The number of amides is 2. The van der Waals surface area contributed by atoms with Crippen molar-refractivity contribution in [3.63, 3.8) is 0 Å². The predicted molar refractivity (Wildman–Crippen MR) is 85.6 cm³/mol. The van der Waals surface area contributed by atoms with Crippen LogP contribution in [0, 0.1) is 0 Å². The van der Waals surface area contributed by atoms with E-state index in [-0.39, 0.29) is 24.5 Å². The summed E-state index contributed by atoms with van der Waals surface area (Å²) in [6.07, 6.45) is 5.23. The van der Waals surface area contributed by atoms with Gasteiger partial charge in [0.2, 0.25) is 11.8 Å². The van der Waals surface area contributed by atoms with Crippen LogP contribution in [0.15, 0.2) is 35.5 Å². The van der Waals surface area contributed by atoms with E-state index in [1.165, 1.54) is 11.8 Å². The van der Waals surface area contributed by atoms with Gasteiger partial charge in [0, 0.05) is 26.6 Å². The highest BCUT2D eigenvalue weighted by atomic mass is 16.5. The van der Waals surface area contributed by atoms with Crippen molar-refractivity contribution >= 4 is 11.8 Å². The Morgan fingerprint density at radius 2 is 2.26 bits per heavy atom. The van der Waals surface area contributed by atoms with E-state index in [9.17, 15) is 9.59 Å². The van der Waals surface area contributed by atoms with Crippen LogP contribution in [0.4, 0.5) is 0 Å². The Morgan fingerprint density at radius 3 is 2.83 bits per heavy atom. The van der Waals surface area contributed by atoms with Crippen LogP contribution in [0.3, 0.4) is 0 Å². The first-order valence-electron chi connectivity index (χ1n) is 7.88. The Hall–Kier alpha value is -2.08. The maximum Gasteiger partial charge on any atom is 0.242 e. The van der Waals surface area contributed by atoms with Crippen molar-refractivity contribution in [1.82, 2.24) is 9.80 Å². The number of carbonyl (C=O) groups excluding carboxylic acids is 2. The van der Waals surface area contributed by atoms with E-state index >= 15 is 0 Å². The highest BCUT2D eigenvalue weighted by Crippen LogP contribution is 2.16. The van der Waals surface area contributed by atoms with Crippen LogP contribution >= 0.6 is 0 Å². The average molecular weight is 320 g/mol. The van der Waals surface area contributed by atoms with Crippen molar-refractivity contribution in [2.45, 2.75) is 32.4 Å². The molecule has 2 rings (SSSR count). The van der Waals surface area contributed by atoms with E-state index in [4.69, 9.17) is 9.15 Å². The molecule has 2 amide bonds. The summed E-state index contributed by atoms with van der Waals surface area (Å²) in [5.41, 5.74) is 0. The number of furan rings is 1. The van der Waals surface area contributed by atoms with Gasteiger partial charge in [-0.3, -0.25) is 9.59 Å². The summed E-state index contributed by atoms with van der Waals surface area (Å²) in [7, 11) is 0. The van der Waals surface area contributed by atoms with Gasteiger partial charge < -0.3 is 19.0 Å². The Morgan fingerprint density at radius 1 is 1.43 bits per heavy atom. The van der Waals surface area contributed by atoms with Crippen LogP contribution < -0.4 is 0 Å². The molecule has 6 nitrogen and oxygen atoms in total. The zero-order valence-corrected chi connectivity index (χ0v) is 13.6. The van der Waals surface area contributed by atoms with Crippen molar-refractivity contribution < 1.29 is 18.7 Å². The molecule has 1 aromatic rings. The summed E-state index contributed by atoms with van der Waals surface area (Å²) in [6.45, 7) is 7.10. The fourth-order valence-corrected chi connectivity index (χ4v) is 2.60. The van der Waals surface area contributed by atoms with Crippen LogP contribution in [-0.4, -0.2) is 54.0 Å². The van der Waals surface area contributed by atoms with E-state index in [1.807, 2.05) is 6.07 Å². The molecule has 23 heavy (non-hydrogen) atoms. The summed E-state index contributed by atoms with van der Waals surface area (Å²) in [5, 5.41) is 0. The van der Waals surface area contributed by atoms with Gasteiger partial charge in [0.1, 0.15) is 12.3 Å². The second kappa shape index (κ2) is 8.53. The lowest BCUT2D eigenvalue weighted by molar-refractivity contribution is -0.140. The lowest BCUT2D eigenvalue weighted by Gasteiger charge is -2.27. The molecule has 0 aromatic carbocycles. The Bertz CT molecular complexity index is 521. The highest BCUT2D eigenvalue weighted by Gasteiger charge is 2.25. The first-order chi connectivity index (χ1) is 11.1. The standard InChI is InChI=1S/C17H24N2O4/c1-3-8-18(14(2)20)13-17(21)19(11-15-6-4-9-22-15)12-16-7-5-10-23-16/h3-4,6,9,16H,1,5,7-8,10-13H2,2H3/t16-/m1/s1. The molecule has 0 unspecified atom stereocenters. The van der Waals surface area contributed by atoms with Gasteiger partial charge in [0.05, 0.1) is 18.9 Å². The third kappa shape index (κ3) is 5.25. The van der Waals surface area contributed by atoms with Crippen molar-refractivity contribution in [2.75, 3.05) is 26.2 Å². The molecular formula is C17H24N2O4. The van der Waals surface area contributed by atoms with Crippen LogP contribution in [0.5, 0.6) is 0 Å². The smallest absolute Gasteiger partial charge is 0.242 e. The van der Waals surface area contributed by atoms with Gasteiger partial charge in [0.15, 0.2) is 0 Å². The molecule has 1 fully saturated rings. The van der Waals surface area contributed by atoms with Crippen molar-refractivity contribution in [2.24, 2.45) is 0 Å². The van der Waals surface area contributed by atoms with E-state index in [0.717, 1.165) is 25.2 Å². The Kier molecular flexibility index (Phi) is 6.40. The first-order valence-corrected chi connectivity index (χ1v) is 7.88. The van der Waals surface area contributed by atoms with Gasteiger partial charge in [-0.25, -0.2) is 0 Å². The molecule has 0 bridgehead atoms. The number of ether oxygens (including phenoxy) is 1. The van der Waals surface area contributed by atoms with Crippen LogP contribution in [0.25, 0.3) is 0 Å². The molecular weight excluding hydrogens is 296 g/mol. The molecule has 0 aliphatic carbocycles. The summed E-state index contributed by atoms with van der Waals surface area (Å²) in [5.74, 6) is 0.455. The fraction of sp³-hybridized carbons (Fsp3) is 0.529. The van der Waals surface area contributed by atoms with Gasteiger partial charge in [0.25, 0.3) is 0 Å². The molecule has 6 heteroatoms. The Balaban J connectivity index is 2.02. The molecule has 0 saturated carbocycles. The summed E-state index contributed by atoms with van der Waals surface area (Å²) >= 11 is 0. The molecule has 1 aliphatic heterocycles. The predicted octanol–water partition coefficient (Wildman–Crippen LogP) is 1.82. The first kappa shape index (κ1) is 17.3. The minimum Gasteiger partial charge on any atom is -0.467 e. The number of rotatable bonds is 8. The number of nitrogens with zero attached hydrogens (tertiary/aromatic N) is 2. The van der Waals surface area contributed by atoms with E-state index in [2.05, 4.69) is 6.58 Å². The monoisotopic (exact) mass is 320 g/mol. The quantitative estimate of drug-likeness (QED) is 0.686. The van der Waals surface area contributed by atoms with Crippen LogP contribution in [0.2, 0.25) is 0 Å². The minimum atomic E-state index is -0.145. The van der Waals surface area contributed by atoms with Gasteiger partial charge >= 0.3 is 0 Å². The zero-order valence-electron chi connectivity index (χ0n) is 13.6. The number of hydrogen-bond donors (Lipinski definition) is 0. The molecule has 2 heterocycles. The summed E-state index contributed by atoms with van der Waals surface area (Å²) in [6, 6.07) is 3.63. The average Bonchev–Trinajstić information content (AvgIpc) is 3.19. The van der Waals surface area contributed by atoms with Crippen LogP contribution in [0.1, 0.15) is 25.5 Å². The third-order valence-corrected chi connectivity index (χ3v) is 3.85. The van der Waals surface area contributed by atoms with Gasteiger partial charge in [-0.15, -0.1) is 6.58 Å². The zero-order chi connectivity index (χ0) is 16.7. The lowest BCUT2D eigenvalue weighted by Crippen LogP contribution is -2.44. The van der Waals surface area contributed by atoms with Gasteiger partial charge in [-0.2, -0.15) is 0 Å². The topological polar surface area (TPSA) is 63.0 Å². The summed E-state index contributed by atoms with van der Waals surface area (Å²) < 4.78 is 11.0. The molecule has 126 valence electrons. The maximum absolute atomic E-state index is 12.6. The SMILES string of the molecule is C=CCN(CC(=O)N(Cc1ccco1)C[C@H]1CCCO1)C(C)=O. The normalized spacial score (nSPS) is 17.0. The molecule has 0 radical (unpaired) electrons. The number of carbonyl (C=O) groups is 2. The maximum atomic E-state index is 12.6. The Labute approximate surface area is 136 Å². The van der Waals surface area contributed by atoms with Crippen molar-refractivity contribution in [3.8, 4) is 0 Å².